The minimum Gasteiger partial charge on any atom is -0.457 e. The van der Waals surface area contributed by atoms with E-state index in [1.807, 2.05) is 12.1 Å². The van der Waals surface area contributed by atoms with E-state index in [0.29, 0.717) is 0 Å². The molecule has 1 aliphatic heterocycles. The first-order valence-corrected chi connectivity index (χ1v) is 16.1. The number of fused-ring (bicyclic) bond motifs is 11. The molecule has 2 aliphatic rings. The number of nitrogen functional groups attached to an aromatic ring is 1. The van der Waals surface area contributed by atoms with Crippen molar-refractivity contribution in [3.05, 3.63) is 186 Å². The highest BCUT2D eigenvalue weighted by Gasteiger charge is 2.52. The van der Waals surface area contributed by atoms with E-state index in [4.69, 9.17) is 10.5 Å². The maximum Gasteiger partial charge on any atom is 0.134 e. The highest BCUT2D eigenvalue weighted by Crippen LogP contribution is 2.63. The maximum atomic E-state index is 6.96. The zero-order chi connectivity index (χ0) is 31.1. The standard InChI is InChI=1S/C45H29NO/c46-39-22-12-24-41-44(39)45(37-21-10-11-23-40(37)47-41)36-20-9-8-15-30(36)31-26-25-29(27-38(31)45)43-34-18-6-4-16-32(34)42(28-13-2-1-3-14-28)33-17-5-7-19-35(33)43/h1-27H,46H2. The smallest absolute Gasteiger partial charge is 0.134 e. The third kappa shape index (κ3) is 3.45. The number of hydrogen-bond donors (Lipinski definition) is 1. The number of para-hydroxylation sites is 1. The molecule has 47 heavy (non-hydrogen) atoms. The van der Waals surface area contributed by atoms with Gasteiger partial charge in [0.25, 0.3) is 0 Å². The van der Waals surface area contributed by atoms with Crippen LogP contribution < -0.4 is 10.5 Å². The lowest BCUT2D eigenvalue weighted by atomic mass is 9.65. The number of benzene rings is 8. The summed E-state index contributed by atoms with van der Waals surface area (Å²) >= 11 is 0. The fourth-order valence-corrected chi connectivity index (χ4v) is 8.50. The molecule has 0 amide bonds. The van der Waals surface area contributed by atoms with E-state index in [2.05, 4.69) is 152 Å². The molecular weight excluding hydrogens is 571 g/mol. The van der Waals surface area contributed by atoms with E-state index < -0.39 is 5.41 Å². The molecule has 0 bridgehead atoms. The average molecular weight is 600 g/mol. The van der Waals surface area contributed by atoms with E-state index >= 15 is 0 Å². The van der Waals surface area contributed by atoms with Crippen LogP contribution in [0.3, 0.4) is 0 Å². The number of rotatable bonds is 2. The second-order valence-corrected chi connectivity index (χ2v) is 12.6. The Kier molecular flexibility index (Phi) is 5.39. The van der Waals surface area contributed by atoms with Gasteiger partial charge in [0.2, 0.25) is 0 Å². The van der Waals surface area contributed by atoms with Crippen molar-refractivity contribution in [2.24, 2.45) is 0 Å². The largest absolute Gasteiger partial charge is 0.457 e. The van der Waals surface area contributed by atoms with Gasteiger partial charge in [-0.05, 0) is 90.3 Å². The number of anilines is 1. The summed E-state index contributed by atoms with van der Waals surface area (Å²) in [5, 5.41) is 4.97. The van der Waals surface area contributed by atoms with Crippen LogP contribution in [0.4, 0.5) is 5.69 Å². The van der Waals surface area contributed by atoms with Crippen LogP contribution in [-0.4, -0.2) is 0 Å². The lowest BCUT2D eigenvalue weighted by Crippen LogP contribution is -2.33. The predicted octanol–water partition coefficient (Wildman–Crippen LogP) is 11.4. The molecule has 0 saturated carbocycles. The number of hydrogen-bond acceptors (Lipinski definition) is 2. The Morgan fingerprint density at radius 3 is 1.68 bits per heavy atom. The lowest BCUT2D eigenvalue weighted by Gasteiger charge is -2.40. The van der Waals surface area contributed by atoms with Gasteiger partial charge in [-0.3, -0.25) is 0 Å². The van der Waals surface area contributed by atoms with Gasteiger partial charge in [-0.1, -0.05) is 140 Å². The van der Waals surface area contributed by atoms with Gasteiger partial charge in [-0.25, -0.2) is 0 Å². The van der Waals surface area contributed by atoms with Crippen LogP contribution >= 0.6 is 0 Å². The first kappa shape index (κ1) is 26.1. The van der Waals surface area contributed by atoms with E-state index in [1.165, 1.54) is 66.1 Å². The molecule has 10 rings (SSSR count). The highest BCUT2D eigenvalue weighted by atomic mass is 16.5. The van der Waals surface area contributed by atoms with Crippen molar-refractivity contribution in [3.8, 4) is 44.9 Å². The highest BCUT2D eigenvalue weighted by molar-refractivity contribution is 6.21. The van der Waals surface area contributed by atoms with Crippen molar-refractivity contribution in [1.29, 1.82) is 0 Å². The summed E-state index contributed by atoms with van der Waals surface area (Å²) in [4.78, 5) is 0. The SMILES string of the molecule is Nc1cccc2c1C1(c3ccccc3O2)c2ccccc2-c2ccc(-c3c4ccccc4c(-c4ccccc4)c4ccccc34)cc21. The van der Waals surface area contributed by atoms with Gasteiger partial charge < -0.3 is 10.5 Å². The Labute approximate surface area is 273 Å². The second kappa shape index (κ2) is 9.69. The molecule has 1 atom stereocenters. The molecule has 0 radical (unpaired) electrons. The van der Waals surface area contributed by atoms with Crippen molar-refractivity contribution in [3.63, 3.8) is 0 Å². The summed E-state index contributed by atoms with van der Waals surface area (Å²) in [5.41, 5.74) is 19.0. The molecule has 220 valence electrons. The molecule has 1 heterocycles. The maximum absolute atomic E-state index is 6.96. The van der Waals surface area contributed by atoms with Crippen LogP contribution in [0.15, 0.2) is 164 Å². The predicted molar refractivity (Wildman–Crippen MR) is 194 cm³/mol. The van der Waals surface area contributed by atoms with Crippen molar-refractivity contribution in [1.82, 2.24) is 0 Å². The van der Waals surface area contributed by atoms with Gasteiger partial charge in [0.15, 0.2) is 0 Å². The summed E-state index contributed by atoms with van der Waals surface area (Å²) in [7, 11) is 0. The Morgan fingerprint density at radius 2 is 0.957 bits per heavy atom. The van der Waals surface area contributed by atoms with Crippen molar-refractivity contribution in [2.75, 3.05) is 5.73 Å². The van der Waals surface area contributed by atoms with E-state index in [9.17, 15) is 0 Å². The van der Waals surface area contributed by atoms with Crippen LogP contribution in [0.5, 0.6) is 11.5 Å². The molecule has 1 unspecified atom stereocenters. The first-order chi connectivity index (χ1) is 23.2. The quantitative estimate of drug-likeness (QED) is 0.158. The molecule has 0 aromatic heterocycles. The van der Waals surface area contributed by atoms with Crippen LogP contribution in [0.1, 0.15) is 22.3 Å². The minimum atomic E-state index is -0.632. The zero-order valence-electron chi connectivity index (χ0n) is 25.6. The van der Waals surface area contributed by atoms with Gasteiger partial charge in [0.05, 0.1) is 5.41 Å². The average Bonchev–Trinajstić information content (AvgIpc) is 3.40. The van der Waals surface area contributed by atoms with Crippen LogP contribution in [0, 0.1) is 0 Å². The fraction of sp³-hybridized carbons (Fsp3) is 0.0222. The molecular formula is C45H29NO. The van der Waals surface area contributed by atoms with E-state index in [1.54, 1.807) is 0 Å². The minimum absolute atomic E-state index is 0.632. The van der Waals surface area contributed by atoms with Gasteiger partial charge in [-0.15, -0.1) is 0 Å². The summed E-state index contributed by atoms with van der Waals surface area (Å²) < 4.78 is 6.58. The molecule has 8 aromatic carbocycles. The van der Waals surface area contributed by atoms with Crippen molar-refractivity contribution < 1.29 is 4.74 Å². The number of nitrogens with two attached hydrogens (primary N) is 1. The topological polar surface area (TPSA) is 35.2 Å². The summed E-state index contributed by atoms with van der Waals surface area (Å²) in [6.07, 6.45) is 0. The third-order valence-corrected chi connectivity index (χ3v) is 10.3. The number of ether oxygens (including phenoxy) is 1. The normalized spacial score (nSPS) is 15.6. The molecule has 2 N–H and O–H groups in total. The van der Waals surface area contributed by atoms with Crippen LogP contribution in [0.2, 0.25) is 0 Å². The molecule has 0 saturated heterocycles. The third-order valence-electron chi connectivity index (χ3n) is 10.3. The van der Waals surface area contributed by atoms with Gasteiger partial charge in [0, 0.05) is 16.8 Å². The van der Waals surface area contributed by atoms with Crippen molar-refractivity contribution >= 4 is 27.2 Å². The Balaban J connectivity index is 1.35. The van der Waals surface area contributed by atoms with E-state index in [-0.39, 0.29) is 0 Å². The summed E-state index contributed by atoms with van der Waals surface area (Å²) in [6, 6.07) is 58.9. The fourth-order valence-electron chi connectivity index (χ4n) is 8.50. The Bertz CT molecular complexity index is 2510. The monoisotopic (exact) mass is 599 g/mol. The second-order valence-electron chi connectivity index (χ2n) is 12.6. The molecule has 2 nitrogen and oxygen atoms in total. The molecule has 8 aromatic rings. The van der Waals surface area contributed by atoms with Gasteiger partial charge in [-0.2, -0.15) is 0 Å². The summed E-state index contributed by atoms with van der Waals surface area (Å²) in [5.74, 6) is 1.67. The molecule has 2 heteroatoms. The van der Waals surface area contributed by atoms with Crippen LogP contribution in [0.25, 0.3) is 54.9 Å². The summed E-state index contributed by atoms with van der Waals surface area (Å²) in [6.45, 7) is 0. The first-order valence-electron chi connectivity index (χ1n) is 16.1. The zero-order valence-corrected chi connectivity index (χ0v) is 25.6. The van der Waals surface area contributed by atoms with Crippen molar-refractivity contribution in [2.45, 2.75) is 5.41 Å². The van der Waals surface area contributed by atoms with E-state index in [0.717, 1.165) is 28.3 Å². The Morgan fingerprint density at radius 1 is 0.404 bits per heavy atom. The molecule has 1 spiro atoms. The van der Waals surface area contributed by atoms with Gasteiger partial charge in [0.1, 0.15) is 11.5 Å². The van der Waals surface area contributed by atoms with Gasteiger partial charge >= 0.3 is 0 Å². The lowest BCUT2D eigenvalue weighted by molar-refractivity contribution is 0.437. The molecule has 0 fully saturated rings. The molecule has 1 aliphatic carbocycles. The Hall–Kier alpha value is -6.12. The van der Waals surface area contributed by atoms with Crippen LogP contribution in [-0.2, 0) is 5.41 Å².